The maximum atomic E-state index is 13.3. The lowest BCUT2D eigenvalue weighted by Gasteiger charge is -2.15. The molecule has 12 heteroatoms. The Bertz CT molecular complexity index is 1010. The molecule has 0 heterocycles. The number of nitrogens with zero attached hydrogens (tertiary/aromatic N) is 1. The maximum absolute atomic E-state index is 13.3. The lowest BCUT2D eigenvalue weighted by atomic mass is 9.99. The summed E-state index contributed by atoms with van der Waals surface area (Å²) < 4.78 is 62.7. The highest BCUT2D eigenvalue weighted by Crippen LogP contribution is 2.34. The zero-order valence-corrected chi connectivity index (χ0v) is 18.5. The van der Waals surface area contributed by atoms with Gasteiger partial charge in [0.05, 0.1) is 21.3 Å². The van der Waals surface area contributed by atoms with Gasteiger partial charge in [0.2, 0.25) is 0 Å². The van der Waals surface area contributed by atoms with Crippen LogP contribution in [0.2, 0.25) is 15.1 Å². The Balaban J connectivity index is 0.00000103. The average Bonchev–Trinajstić information content (AvgIpc) is 2.63. The van der Waals surface area contributed by atoms with Crippen molar-refractivity contribution in [1.29, 1.82) is 4.78 Å². The Labute approximate surface area is 187 Å². The van der Waals surface area contributed by atoms with Crippen LogP contribution in [0, 0.1) is 4.78 Å². The predicted octanol–water partition coefficient (Wildman–Crippen LogP) is 7.01. The molecule has 0 aromatic heterocycles. The summed E-state index contributed by atoms with van der Waals surface area (Å²) in [6, 6.07) is 8.40. The number of rotatable bonds is 6. The predicted molar refractivity (Wildman–Crippen MR) is 111 cm³/mol. The van der Waals surface area contributed by atoms with Gasteiger partial charge in [-0.05, 0) is 30.7 Å². The third-order valence-electron chi connectivity index (χ3n) is 3.51. The van der Waals surface area contributed by atoms with Crippen LogP contribution >= 0.6 is 34.8 Å². The van der Waals surface area contributed by atoms with Gasteiger partial charge in [-0.25, -0.2) is 0 Å². The van der Waals surface area contributed by atoms with Gasteiger partial charge in [0.25, 0.3) is 0 Å². The molecular formula is C18H16Cl3F3N2O3S. The van der Waals surface area contributed by atoms with Crippen LogP contribution in [-0.2, 0) is 28.1 Å². The van der Waals surface area contributed by atoms with Gasteiger partial charge in [-0.15, -0.1) is 0 Å². The fourth-order valence-electron chi connectivity index (χ4n) is 2.31. The summed E-state index contributed by atoms with van der Waals surface area (Å²) in [5, 5.41) is 4.79. The molecule has 0 spiro atoms. The molecule has 1 N–H and O–H groups in total. The molecule has 5 nitrogen and oxygen atoms in total. The Morgan fingerprint density at radius 3 is 2.37 bits per heavy atom. The van der Waals surface area contributed by atoms with E-state index in [1.54, 1.807) is 18.2 Å². The zero-order chi connectivity index (χ0) is 22.9. The van der Waals surface area contributed by atoms with E-state index in [-0.39, 0.29) is 22.9 Å². The molecule has 0 amide bonds. The summed E-state index contributed by atoms with van der Waals surface area (Å²) in [4.78, 5) is 5.27. The molecule has 30 heavy (non-hydrogen) atoms. The maximum Gasteiger partial charge on any atom is 0.417 e. The number of nitrogens with one attached hydrogen (secondary N) is 1. The first-order chi connectivity index (χ1) is 14.0. The van der Waals surface area contributed by atoms with E-state index < -0.39 is 22.2 Å². The molecule has 164 valence electrons. The fraction of sp³-hybridized carbons (Fsp3) is 0.278. The molecule has 0 aliphatic heterocycles. The fourth-order valence-corrected chi connectivity index (χ4v) is 2.86. The molecule has 2 aromatic rings. The van der Waals surface area contributed by atoms with Crippen molar-refractivity contribution in [3.05, 3.63) is 68.2 Å². The molecule has 0 aliphatic rings. The topological polar surface area (TPSA) is 79.6 Å². The lowest BCUT2D eigenvalue weighted by Crippen LogP contribution is -2.14. The second kappa shape index (κ2) is 12.1. The van der Waals surface area contributed by atoms with Crippen LogP contribution in [0.15, 0.2) is 41.6 Å². The molecule has 2 aromatic carbocycles. The summed E-state index contributed by atoms with van der Waals surface area (Å²) in [6.45, 7) is 1.82. The van der Waals surface area contributed by atoms with Crippen LogP contribution < -0.4 is 0 Å². The normalized spacial score (nSPS) is 11.5. The molecule has 0 radical (unpaired) electrons. The smallest absolute Gasteiger partial charge is 0.391 e. The highest BCUT2D eigenvalue weighted by atomic mass is 35.5. The van der Waals surface area contributed by atoms with Crippen molar-refractivity contribution >= 4 is 51.0 Å². The number of benzene rings is 2. The van der Waals surface area contributed by atoms with Crippen LogP contribution in [0.1, 0.15) is 36.5 Å². The minimum Gasteiger partial charge on any atom is -0.391 e. The molecule has 0 fully saturated rings. The summed E-state index contributed by atoms with van der Waals surface area (Å²) in [5.74, 6) is 0. The van der Waals surface area contributed by atoms with Gasteiger partial charge >= 0.3 is 16.7 Å². The SMILES string of the molecule is CCC/C(=N\OCc1cccc(Cl)c1Cl)c1cc(Cl)ccc1C(F)(F)F.N=S(=O)=O. The second-order valence-corrected chi connectivity index (χ2v) is 7.39. The van der Waals surface area contributed by atoms with Crippen LogP contribution in [0.25, 0.3) is 0 Å². The van der Waals surface area contributed by atoms with Crippen molar-refractivity contribution in [2.75, 3.05) is 0 Å². The van der Waals surface area contributed by atoms with E-state index in [1.165, 1.54) is 12.1 Å². The first kappa shape index (κ1) is 26.2. The highest BCUT2D eigenvalue weighted by molar-refractivity contribution is 7.60. The molecule has 2 rings (SSSR count). The Morgan fingerprint density at radius 2 is 1.80 bits per heavy atom. The molecule has 0 aliphatic carbocycles. The van der Waals surface area contributed by atoms with Gasteiger partial charge in [-0.2, -0.15) is 26.4 Å². The van der Waals surface area contributed by atoms with Crippen molar-refractivity contribution in [2.24, 2.45) is 5.16 Å². The largest absolute Gasteiger partial charge is 0.417 e. The van der Waals surface area contributed by atoms with E-state index >= 15 is 0 Å². The van der Waals surface area contributed by atoms with E-state index in [1.807, 2.05) is 6.92 Å². The first-order valence-electron chi connectivity index (χ1n) is 8.26. The average molecular weight is 504 g/mol. The van der Waals surface area contributed by atoms with Crippen molar-refractivity contribution in [3.8, 4) is 0 Å². The first-order valence-corrected chi connectivity index (χ1v) is 10.5. The minimum atomic E-state index is -4.52. The van der Waals surface area contributed by atoms with Gasteiger partial charge in [-0.1, -0.05) is 65.4 Å². The number of halogens is 6. The van der Waals surface area contributed by atoms with Crippen molar-refractivity contribution in [3.63, 3.8) is 0 Å². The number of hydrogen-bond acceptors (Lipinski definition) is 5. The lowest BCUT2D eigenvalue weighted by molar-refractivity contribution is -0.137. The van der Waals surface area contributed by atoms with Gasteiger partial charge in [0, 0.05) is 16.1 Å². The van der Waals surface area contributed by atoms with Gasteiger partial charge in [-0.3, -0.25) is 0 Å². The van der Waals surface area contributed by atoms with E-state index in [0.29, 0.717) is 28.5 Å². The summed E-state index contributed by atoms with van der Waals surface area (Å²) in [6.07, 6.45) is -3.64. The van der Waals surface area contributed by atoms with Crippen molar-refractivity contribution < 1.29 is 26.4 Å². The Hall–Kier alpha value is -1.81. The summed E-state index contributed by atoms with van der Waals surface area (Å²) in [5.41, 5.74) is -0.149. The monoisotopic (exact) mass is 502 g/mol. The van der Waals surface area contributed by atoms with Crippen LogP contribution in [0.5, 0.6) is 0 Å². The quantitative estimate of drug-likeness (QED) is 0.340. The number of hydrogen-bond donors (Lipinski definition) is 1. The summed E-state index contributed by atoms with van der Waals surface area (Å²) in [7, 11) is -2.61. The van der Waals surface area contributed by atoms with Crippen molar-refractivity contribution in [2.45, 2.75) is 32.5 Å². The third kappa shape index (κ3) is 8.51. The van der Waals surface area contributed by atoms with Crippen LogP contribution in [0.3, 0.4) is 0 Å². The molecule has 0 bridgehead atoms. The summed E-state index contributed by atoms with van der Waals surface area (Å²) >= 11 is 17.9. The Morgan fingerprint density at radius 1 is 1.17 bits per heavy atom. The Kier molecular flexibility index (Phi) is 10.6. The number of alkyl halides is 3. The molecule has 0 atom stereocenters. The highest BCUT2D eigenvalue weighted by Gasteiger charge is 2.34. The van der Waals surface area contributed by atoms with E-state index in [2.05, 4.69) is 5.16 Å². The van der Waals surface area contributed by atoms with E-state index in [9.17, 15) is 13.2 Å². The van der Waals surface area contributed by atoms with Crippen LogP contribution in [-0.4, -0.2) is 14.1 Å². The molecule has 0 saturated heterocycles. The zero-order valence-electron chi connectivity index (χ0n) is 15.4. The van der Waals surface area contributed by atoms with Gasteiger partial charge in [0.1, 0.15) is 6.61 Å². The molecular weight excluding hydrogens is 488 g/mol. The van der Waals surface area contributed by atoms with E-state index in [0.717, 1.165) is 6.07 Å². The van der Waals surface area contributed by atoms with Gasteiger partial charge < -0.3 is 4.84 Å². The third-order valence-corrected chi connectivity index (χ3v) is 4.60. The van der Waals surface area contributed by atoms with Gasteiger partial charge in [0.15, 0.2) is 0 Å². The van der Waals surface area contributed by atoms with Crippen molar-refractivity contribution in [1.82, 2.24) is 0 Å². The van der Waals surface area contributed by atoms with E-state index in [4.69, 9.17) is 52.8 Å². The molecule has 0 unspecified atom stereocenters. The number of oxime groups is 1. The standard InChI is InChI=1S/C18H15Cl3F3NO.HNO2S/c1-2-4-16(13-9-12(19)7-8-14(13)18(22,23)24)25-26-10-11-5-3-6-15(20)17(11)21;1-4(2)3/h3,5-9H,2,4,10H2,1H3;1H/b25-16+;. The molecule has 0 saturated carbocycles. The minimum absolute atomic E-state index is 0.0193. The second-order valence-electron chi connectivity index (χ2n) is 5.70. The van der Waals surface area contributed by atoms with Crippen LogP contribution in [0.4, 0.5) is 13.2 Å².